The number of hydrogen-bond donors (Lipinski definition) is 1. The molecule has 0 atom stereocenters. The van der Waals surface area contributed by atoms with E-state index >= 15 is 0 Å². The number of H-pyrrole nitrogens is 1. The molecule has 0 bridgehead atoms. The average Bonchev–Trinajstić information content (AvgIpc) is 3.46. The summed E-state index contributed by atoms with van der Waals surface area (Å²) in [5, 5.41) is 0.830. The van der Waals surface area contributed by atoms with Gasteiger partial charge in [0.1, 0.15) is 11.0 Å². The van der Waals surface area contributed by atoms with Crippen molar-refractivity contribution in [2.75, 3.05) is 26.3 Å². The van der Waals surface area contributed by atoms with E-state index < -0.39 is 0 Å². The SMILES string of the molecule is C=CCCn1cc(-c2cc(C(=O)N3CCOCC3)c3ncn(C)c3c2)c2cc[nH]c2c1=O. The summed E-state index contributed by atoms with van der Waals surface area (Å²) in [7, 11) is 1.92. The second kappa shape index (κ2) is 8.12. The van der Waals surface area contributed by atoms with Crippen molar-refractivity contribution < 1.29 is 9.53 Å². The van der Waals surface area contributed by atoms with Crippen LogP contribution in [0.5, 0.6) is 0 Å². The number of benzene rings is 1. The molecular formula is C24H25N5O3. The number of hydrogen-bond acceptors (Lipinski definition) is 4. The number of aromatic amines is 1. The highest BCUT2D eigenvalue weighted by atomic mass is 16.5. The number of imidazole rings is 1. The maximum absolute atomic E-state index is 13.4. The molecule has 0 aliphatic carbocycles. The Labute approximate surface area is 184 Å². The molecule has 1 amide bonds. The first-order valence-corrected chi connectivity index (χ1v) is 10.7. The van der Waals surface area contributed by atoms with E-state index in [0.29, 0.717) is 55.9 Å². The lowest BCUT2D eigenvalue weighted by atomic mass is 9.99. The van der Waals surface area contributed by atoms with Crippen molar-refractivity contribution in [2.24, 2.45) is 7.05 Å². The quantitative estimate of drug-likeness (QED) is 0.493. The van der Waals surface area contributed by atoms with Crippen LogP contribution in [0.2, 0.25) is 0 Å². The zero-order valence-electron chi connectivity index (χ0n) is 18.0. The van der Waals surface area contributed by atoms with Gasteiger partial charge >= 0.3 is 0 Å². The van der Waals surface area contributed by atoms with E-state index in [-0.39, 0.29) is 11.5 Å². The number of rotatable bonds is 5. The minimum absolute atomic E-state index is 0.0517. The first kappa shape index (κ1) is 20.3. The van der Waals surface area contributed by atoms with E-state index in [1.807, 2.05) is 40.9 Å². The minimum Gasteiger partial charge on any atom is -0.378 e. The van der Waals surface area contributed by atoms with Gasteiger partial charge in [-0.3, -0.25) is 9.59 Å². The van der Waals surface area contributed by atoms with E-state index in [9.17, 15) is 9.59 Å². The molecular weight excluding hydrogens is 406 g/mol. The summed E-state index contributed by atoms with van der Waals surface area (Å²) in [6, 6.07) is 5.83. The number of amides is 1. The van der Waals surface area contributed by atoms with Crippen LogP contribution in [0.15, 0.2) is 54.4 Å². The lowest BCUT2D eigenvalue weighted by Crippen LogP contribution is -2.40. The van der Waals surface area contributed by atoms with Gasteiger partial charge in [-0.15, -0.1) is 6.58 Å². The number of pyridine rings is 1. The molecule has 8 nitrogen and oxygen atoms in total. The average molecular weight is 431 g/mol. The Hall–Kier alpha value is -3.65. The molecule has 4 aromatic rings. The number of fused-ring (bicyclic) bond motifs is 2. The number of carbonyl (C=O) groups is 1. The molecule has 0 saturated carbocycles. The molecule has 8 heteroatoms. The van der Waals surface area contributed by atoms with Gasteiger partial charge in [0, 0.05) is 50.0 Å². The van der Waals surface area contributed by atoms with Gasteiger partial charge in [0.25, 0.3) is 11.5 Å². The molecule has 1 N–H and O–H groups in total. The number of aromatic nitrogens is 4. The van der Waals surface area contributed by atoms with E-state index in [1.54, 1.807) is 23.2 Å². The second-order valence-electron chi connectivity index (χ2n) is 8.04. The highest BCUT2D eigenvalue weighted by molar-refractivity contribution is 6.08. The minimum atomic E-state index is -0.0678. The first-order chi connectivity index (χ1) is 15.6. The van der Waals surface area contributed by atoms with Crippen LogP contribution in [0, 0.1) is 0 Å². The van der Waals surface area contributed by atoms with Gasteiger partial charge in [-0.2, -0.15) is 0 Å². The maximum Gasteiger partial charge on any atom is 0.274 e. The predicted molar refractivity (Wildman–Crippen MR) is 124 cm³/mol. The van der Waals surface area contributed by atoms with Crippen LogP contribution in [0.25, 0.3) is 33.1 Å². The highest BCUT2D eigenvalue weighted by Crippen LogP contribution is 2.32. The molecule has 1 aliphatic heterocycles. The maximum atomic E-state index is 13.4. The topological polar surface area (TPSA) is 85.2 Å². The number of morpholine rings is 1. The summed E-state index contributed by atoms with van der Waals surface area (Å²) in [6.07, 6.45) is 7.86. The van der Waals surface area contributed by atoms with Gasteiger partial charge < -0.3 is 23.8 Å². The van der Waals surface area contributed by atoms with E-state index in [2.05, 4.69) is 16.5 Å². The number of allylic oxidation sites excluding steroid dienone is 1. The normalized spacial score (nSPS) is 14.3. The molecule has 0 unspecified atom stereocenters. The molecule has 164 valence electrons. The molecule has 1 saturated heterocycles. The molecule has 5 rings (SSSR count). The third-order valence-corrected chi connectivity index (χ3v) is 6.04. The molecule has 4 heterocycles. The second-order valence-corrected chi connectivity index (χ2v) is 8.04. The van der Waals surface area contributed by atoms with Crippen LogP contribution in [-0.2, 0) is 18.3 Å². The molecule has 0 radical (unpaired) electrons. The smallest absolute Gasteiger partial charge is 0.274 e. The summed E-state index contributed by atoms with van der Waals surface area (Å²) in [5.41, 5.74) is 4.36. The summed E-state index contributed by atoms with van der Waals surface area (Å²) < 4.78 is 9.02. The van der Waals surface area contributed by atoms with Crippen molar-refractivity contribution >= 4 is 27.8 Å². The Kier molecular flexibility index (Phi) is 5.14. The Morgan fingerprint density at radius 1 is 1.31 bits per heavy atom. The Bertz CT molecular complexity index is 1390. The van der Waals surface area contributed by atoms with Gasteiger partial charge in [0.05, 0.1) is 30.6 Å². The van der Waals surface area contributed by atoms with Gasteiger partial charge in [0.2, 0.25) is 0 Å². The van der Waals surface area contributed by atoms with Gasteiger partial charge in [0.15, 0.2) is 0 Å². The van der Waals surface area contributed by atoms with Gasteiger partial charge in [-0.25, -0.2) is 4.98 Å². The fourth-order valence-corrected chi connectivity index (χ4v) is 4.31. The van der Waals surface area contributed by atoms with E-state index in [0.717, 1.165) is 22.0 Å². The third kappa shape index (κ3) is 3.33. The monoisotopic (exact) mass is 431 g/mol. The van der Waals surface area contributed by atoms with Gasteiger partial charge in [-0.05, 0) is 30.2 Å². The molecule has 1 aliphatic rings. The molecule has 1 aromatic carbocycles. The largest absolute Gasteiger partial charge is 0.378 e. The predicted octanol–water partition coefficient (Wildman–Crippen LogP) is 2.93. The number of aryl methyl sites for hydroxylation is 2. The fraction of sp³-hybridized carbons (Fsp3) is 0.292. The standard InChI is InChI=1S/C24H25N5O3/c1-3-4-7-29-14-19(17-5-6-25-22(17)24(29)31)16-12-18(21-20(13-16)27(2)15-26-21)23(30)28-8-10-32-11-9-28/h3,5-6,12-15,25H,1,4,7-11H2,2H3. The lowest BCUT2D eigenvalue weighted by molar-refractivity contribution is 0.0304. The zero-order chi connectivity index (χ0) is 22.2. The molecule has 32 heavy (non-hydrogen) atoms. The summed E-state index contributed by atoms with van der Waals surface area (Å²) >= 11 is 0. The number of carbonyl (C=O) groups excluding carboxylic acids is 1. The number of nitrogens with one attached hydrogen (secondary N) is 1. The fourth-order valence-electron chi connectivity index (χ4n) is 4.31. The highest BCUT2D eigenvalue weighted by Gasteiger charge is 2.23. The van der Waals surface area contributed by atoms with Crippen molar-refractivity contribution in [1.82, 2.24) is 24.0 Å². The zero-order valence-corrected chi connectivity index (χ0v) is 18.0. The van der Waals surface area contributed by atoms with Crippen LogP contribution in [0.4, 0.5) is 0 Å². The van der Waals surface area contributed by atoms with Gasteiger partial charge in [-0.1, -0.05) is 6.08 Å². The summed E-state index contributed by atoms with van der Waals surface area (Å²) in [4.78, 5) is 35.7. The molecule has 0 spiro atoms. The van der Waals surface area contributed by atoms with Crippen LogP contribution in [0.1, 0.15) is 16.8 Å². The van der Waals surface area contributed by atoms with Crippen LogP contribution >= 0.6 is 0 Å². The molecule has 1 fully saturated rings. The van der Waals surface area contributed by atoms with E-state index in [1.165, 1.54) is 0 Å². The Morgan fingerprint density at radius 2 is 2.12 bits per heavy atom. The summed E-state index contributed by atoms with van der Waals surface area (Å²) in [6.45, 7) is 6.50. The van der Waals surface area contributed by atoms with Crippen molar-refractivity contribution in [3.63, 3.8) is 0 Å². The Balaban J connectivity index is 1.72. The van der Waals surface area contributed by atoms with E-state index in [4.69, 9.17) is 4.74 Å². The third-order valence-electron chi connectivity index (χ3n) is 6.04. The first-order valence-electron chi connectivity index (χ1n) is 10.7. The van der Waals surface area contributed by atoms with Crippen LogP contribution in [-0.4, -0.2) is 56.2 Å². The van der Waals surface area contributed by atoms with Crippen LogP contribution < -0.4 is 5.56 Å². The van der Waals surface area contributed by atoms with Crippen molar-refractivity contribution in [3.05, 3.63) is 65.5 Å². The van der Waals surface area contributed by atoms with Crippen LogP contribution in [0.3, 0.4) is 0 Å². The Morgan fingerprint density at radius 3 is 2.91 bits per heavy atom. The summed E-state index contributed by atoms with van der Waals surface area (Å²) in [5.74, 6) is -0.0517. The number of nitrogens with zero attached hydrogens (tertiary/aromatic N) is 4. The number of ether oxygens (including phenoxy) is 1. The van der Waals surface area contributed by atoms with Crippen molar-refractivity contribution in [2.45, 2.75) is 13.0 Å². The van der Waals surface area contributed by atoms with Crippen molar-refractivity contribution in [3.8, 4) is 11.1 Å². The lowest BCUT2D eigenvalue weighted by Gasteiger charge is -2.27. The molecule has 3 aromatic heterocycles. The van der Waals surface area contributed by atoms with Crippen molar-refractivity contribution in [1.29, 1.82) is 0 Å².